The second kappa shape index (κ2) is 5.01. The minimum atomic E-state index is -0.957. The van der Waals surface area contributed by atoms with E-state index < -0.39 is 5.97 Å². The largest absolute Gasteiger partial charge is 0.478 e. The molecule has 2 nitrogen and oxygen atoms in total. The predicted octanol–water partition coefficient (Wildman–Crippen LogP) is 4.67. The molecule has 4 heteroatoms. The first-order valence-corrected chi connectivity index (χ1v) is 6.04. The Kier molecular flexibility index (Phi) is 3.60. The minimum absolute atomic E-state index is 0.238. The van der Waals surface area contributed by atoms with E-state index in [1.807, 2.05) is 6.92 Å². The summed E-state index contributed by atoms with van der Waals surface area (Å²) in [5.74, 6) is -0.957. The Morgan fingerprint density at radius 1 is 1.06 bits per heavy atom. The molecule has 0 saturated carbocycles. The van der Waals surface area contributed by atoms with E-state index >= 15 is 0 Å². The van der Waals surface area contributed by atoms with Gasteiger partial charge in [0.05, 0.1) is 5.56 Å². The maximum absolute atomic E-state index is 11.0. The van der Waals surface area contributed by atoms with E-state index in [2.05, 4.69) is 0 Å². The van der Waals surface area contributed by atoms with Gasteiger partial charge in [0.15, 0.2) is 0 Å². The third-order valence-electron chi connectivity index (χ3n) is 2.71. The lowest BCUT2D eigenvalue weighted by Crippen LogP contribution is -1.97. The molecule has 1 N–H and O–H groups in total. The van der Waals surface area contributed by atoms with Crippen molar-refractivity contribution in [1.29, 1.82) is 0 Å². The normalized spacial score (nSPS) is 10.4. The zero-order chi connectivity index (χ0) is 13.3. The van der Waals surface area contributed by atoms with Crippen molar-refractivity contribution in [2.75, 3.05) is 0 Å². The lowest BCUT2D eigenvalue weighted by atomic mass is 9.98. The number of carboxylic acids is 1. The second-order valence-corrected chi connectivity index (χ2v) is 4.80. The van der Waals surface area contributed by atoms with Gasteiger partial charge in [0.1, 0.15) is 0 Å². The Morgan fingerprint density at radius 2 is 1.78 bits per heavy atom. The van der Waals surface area contributed by atoms with Crippen LogP contribution in [0.5, 0.6) is 0 Å². The second-order valence-electron chi connectivity index (χ2n) is 3.96. The summed E-state index contributed by atoms with van der Waals surface area (Å²) in [4.78, 5) is 11.0. The average Bonchev–Trinajstić information content (AvgIpc) is 2.30. The fourth-order valence-corrected chi connectivity index (χ4v) is 2.26. The summed E-state index contributed by atoms with van der Waals surface area (Å²) < 4.78 is 0. The SMILES string of the molecule is Cc1ccc(C(=O)O)cc1-c1ccc(Cl)cc1Cl. The third-order valence-corrected chi connectivity index (χ3v) is 3.25. The zero-order valence-electron chi connectivity index (χ0n) is 9.58. The van der Waals surface area contributed by atoms with Crippen LogP contribution in [0.3, 0.4) is 0 Å². The van der Waals surface area contributed by atoms with E-state index in [1.165, 1.54) is 0 Å². The van der Waals surface area contributed by atoms with Crippen LogP contribution in [0.1, 0.15) is 15.9 Å². The molecule has 0 aliphatic heterocycles. The smallest absolute Gasteiger partial charge is 0.335 e. The first kappa shape index (κ1) is 12.9. The molecular formula is C14H10Cl2O2. The van der Waals surface area contributed by atoms with E-state index in [0.717, 1.165) is 16.7 Å². The predicted molar refractivity (Wildman–Crippen MR) is 73.6 cm³/mol. The van der Waals surface area contributed by atoms with Gasteiger partial charge < -0.3 is 5.11 Å². The molecule has 0 heterocycles. The molecule has 0 amide bonds. The van der Waals surface area contributed by atoms with Crippen LogP contribution in [0.25, 0.3) is 11.1 Å². The molecule has 2 rings (SSSR count). The summed E-state index contributed by atoms with van der Waals surface area (Å²) in [5, 5.41) is 10.1. The summed E-state index contributed by atoms with van der Waals surface area (Å²) in [6.45, 7) is 1.91. The number of carbonyl (C=O) groups is 1. The molecule has 92 valence electrons. The Bertz CT molecular complexity index is 621. The fourth-order valence-electron chi connectivity index (χ4n) is 1.75. The van der Waals surface area contributed by atoms with Crippen LogP contribution in [0.2, 0.25) is 10.0 Å². The number of halogens is 2. The number of rotatable bonds is 2. The Labute approximate surface area is 115 Å². The van der Waals surface area contributed by atoms with E-state index in [4.69, 9.17) is 28.3 Å². The summed E-state index contributed by atoms with van der Waals surface area (Å²) >= 11 is 12.0. The van der Waals surface area contributed by atoms with Crippen molar-refractivity contribution >= 4 is 29.2 Å². The molecule has 2 aromatic carbocycles. The van der Waals surface area contributed by atoms with Gasteiger partial charge in [-0.3, -0.25) is 0 Å². The lowest BCUT2D eigenvalue weighted by Gasteiger charge is -2.09. The maximum Gasteiger partial charge on any atom is 0.335 e. The van der Waals surface area contributed by atoms with Crippen LogP contribution < -0.4 is 0 Å². The van der Waals surface area contributed by atoms with Crippen molar-refractivity contribution in [2.45, 2.75) is 6.92 Å². The summed E-state index contributed by atoms with van der Waals surface area (Å²) in [6.07, 6.45) is 0. The van der Waals surface area contributed by atoms with Gasteiger partial charge in [0.25, 0.3) is 0 Å². The number of aromatic carboxylic acids is 1. The average molecular weight is 281 g/mol. The molecule has 0 radical (unpaired) electrons. The highest BCUT2D eigenvalue weighted by molar-refractivity contribution is 6.36. The molecule has 0 saturated heterocycles. The van der Waals surface area contributed by atoms with Crippen molar-refractivity contribution in [1.82, 2.24) is 0 Å². The molecule has 0 aliphatic carbocycles. The van der Waals surface area contributed by atoms with Crippen LogP contribution in [0.15, 0.2) is 36.4 Å². The quantitative estimate of drug-likeness (QED) is 0.868. The van der Waals surface area contributed by atoms with Crippen molar-refractivity contribution in [3.63, 3.8) is 0 Å². The Balaban J connectivity index is 2.62. The Morgan fingerprint density at radius 3 is 2.39 bits per heavy atom. The van der Waals surface area contributed by atoms with Crippen molar-refractivity contribution in [3.8, 4) is 11.1 Å². The third kappa shape index (κ3) is 2.50. The van der Waals surface area contributed by atoms with Crippen LogP contribution in [0, 0.1) is 6.92 Å². The van der Waals surface area contributed by atoms with Gasteiger partial charge in [0.2, 0.25) is 0 Å². The number of aryl methyl sites for hydroxylation is 1. The lowest BCUT2D eigenvalue weighted by molar-refractivity contribution is 0.0697. The molecular weight excluding hydrogens is 271 g/mol. The van der Waals surface area contributed by atoms with E-state index in [-0.39, 0.29) is 5.56 Å². The van der Waals surface area contributed by atoms with Crippen molar-refractivity contribution in [3.05, 3.63) is 57.6 Å². The van der Waals surface area contributed by atoms with Gasteiger partial charge in [-0.2, -0.15) is 0 Å². The summed E-state index contributed by atoms with van der Waals surface area (Å²) in [5.41, 5.74) is 2.78. The highest BCUT2D eigenvalue weighted by atomic mass is 35.5. The van der Waals surface area contributed by atoms with Crippen LogP contribution in [-0.2, 0) is 0 Å². The van der Waals surface area contributed by atoms with Crippen LogP contribution >= 0.6 is 23.2 Å². The van der Waals surface area contributed by atoms with Gasteiger partial charge in [-0.05, 0) is 42.3 Å². The van der Waals surface area contributed by atoms with Gasteiger partial charge in [-0.25, -0.2) is 4.79 Å². The van der Waals surface area contributed by atoms with Gasteiger partial charge in [-0.1, -0.05) is 35.3 Å². The zero-order valence-corrected chi connectivity index (χ0v) is 11.1. The first-order valence-electron chi connectivity index (χ1n) is 5.28. The molecule has 0 unspecified atom stereocenters. The standard InChI is InChI=1S/C14H10Cl2O2/c1-8-2-3-9(14(17)18)6-12(8)11-5-4-10(15)7-13(11)16/h2-7H,1H3,(H,17,18). The van der Waals surface area contributed by atoms with E-state index in [9.17, 15) is 4.79 Å². The fraction of sp³-hybridized carbons (Fsp3) is 0.0714. The first-order chi connectivity index (χ1) is 8.49. The van der Waals surface area contributed by atoms with Gasteiger partial charge in [0, 0.05) is 15.6 Å². The summed E-state index contributed by atoms with van der Waals surface area (Å²) in [6, 6.07) is 10.1. The Hall–Kier alpha value is -1.51. The minimum Gasteiger partial charge on any atom is -0.478 e. The summed E-state index contributed by atoms with van der Waals surface area (Å²) in [7, 11) is 0. The molecule has 18 heavy (non-hydrogen) atoms. The monoisotopic (exact) mass is 280 g/mol. The molecule has 0 aromatic heterocycles. The van der Waals surface area contributed by atoms with Gasteiger partial charge >= 0.3 is 5.97 Å². The topological polar surface area (TPSA) is 37.3 Å². The highest BCUT2D eigenvalue weighted by Gasteiger charge is 2.10. The molecule has 0 aliphatic rings. The number of benzene rings is 2. The van der Waals surface area contributed by atoms with Crippen molar-refractivity contribution in [2.24, 2.45) is 0 Å². The molecule has 2 aromatic rings. The van der Waals surface area contributed by atoms with Crippen LogP contribution in [0.4, 0.5) is 0 Å². The van der Waals surface area contributed by atoms with Crippen LogP contribution in [-0.4, -0.2) is 11.1 Å². The molecule has 0 spiro atoms. The maximum atomic E-state index is 11.0. The molecule has 0 bridgehead atoms. The molecule has 0 atom stereocenters. The molecule has 0 fully saturated rings. The number of hydrogen-bond donors (Lipinski definition) is 1. The number of carboxylic acid groups (broad SMARTS) is 1. The van der Waals surface area contributed by atoms with E-state index in [0.29, 0.717) is 10.0 Å². The van der Waals surface area contributed by atoms with E-state index in [1.54, 1.807) is 36.4 Å². The van der Waals surface area contributed by atoms with Gasteiger partial charge in [-0.15, -0.1) is 0 Å². The van der Waals surface area contributed by atoms with Crippen molar-refractivity contribution < 1.29 is 9.90 Å². The number of hydrogen-bond acceptors (Lipinski definition) is 1. The highest BCUT2D eigenvalue weighted by Crippen LogP contribution is 2.32.